The predicted octanol–water partition coefficient (Wildman–Crippen LogP) is 3.44. The summed E-state index contributed by atoms with van der Waals surface area (Å²) in [5.41, 5.74) is 3.17. The zero-order valence-electron chi connectivity index (χ0n) is 15.7. The fourth-order valence-electron chi connectivity index (χ4n) is 3.29. The summed E-state index contributed by atoms with van der Waals surface area (Å²) in [4.78, 5) is 23.4. The van der Waals surface area contributed by atoms with Gasteiger partial charge < -0.3 is 19.7 Å². The second-order valence-corrected chi connectivity index (χ2v) is 6.31. The van der Waals surface area contributed by atoms with Gasteiger partial charge in [0.25, 0.3) is 5.91 Å². The Morgan fingerprint density at radius 2 is 1.93 bits per heavy atom. The topological polar surface area (TPSA) is 76.6 Å². The fourth-order valence-corrected chi connectivity index (χ4v) is 3.29. The summed E-state index contributed by atoms with van der Waals surface area (Å²) in [6.07, 6.45) is 2.36. The van der Waals surface area contributed by atoms with E-state index in [1.807, 2.05) is 12.1 Å². The Morgan fingerprint density at radius 3 is 2.75 bits per heavy atom. The molecule has 7 heteroatoms. The summed E-state index contributed by atoms with van der Waals surface area (Å²) in [6, 6.07) is 15.1. The maximum atomic E-state index is 12.8. The maximum Gasteiger partial charge on any atom is 0.274 e. The van der Waals surface area contributed by atoms with Crippen LogP contribution in [0.3, 0.4) is 0 Å². The Bertz CT molecular complexity index is 1020. The van der Waals surface area contributed by atoms with E-state index in [-0.39, 0.29) is 11.6 Å². The molecular formula is C21H20N4O3. The van der Waals surface area contributed by atoms with E-state index in [1.165, 1.54) is 11.9 Å². The Kier molecular flexibility index (Phi) is 4.80. The van der Waals surface area contributed by atoms with Gasteiger partial charge in [0.2, 0.25) is 0 Å². The van der Waals surface area contributed by atoms with Gasteiger partial charge in [0.05, 0.1) is 19.9 Å². The average Bonchev–Trinajstić information content (AvgIpc) is 3.18. The third kappa shape index (κ3) is 3.34. The van der Waals surface area contributed by atoms with E-state index in [0.29, 0.717) is 23.0 Å². The SMILES string of the molecule is COc1ccc(OC)c(NC(=O)c2cc(N3CCc4ccccc43)ncn2)c1. The molecule has 0 radical (unpaired) electrons. The molecule has 142 valence electrons. The molecule has 0 saturated heterocycles. The number of nitrogens with zero attached hydrogens (tertiary/aromatic N) is 3. The van der Waals surface area contributed by atoms with Gasteiger partial charge in [-0.05, 0) is 30.2 Å². The molecule has 0 bridgehead atoms. The average molecular weight is 376 g/mol. The van der Waals surface area contributed by atoms with Crippen LogP contribution in [-0.2, 0) is 6.42 Å². The summed E-state index contributed by atoms with van der Waals surface area (Å²) in [7, 11) is 3.11. The largest absolute Gasteiger partial charge is 0.497 e. The van der Waals surface area contributed by atoms with Crippen molar-refractivity contribution in [3.63, 3.8) is 0 Å². The Hall–Kier alpha value is -3.61. The van der Waals surface area contributed by atoms with Crippen LogP contribution in [0.25, 0.3) is 0 Å². The van der Waals surface area contributed by atoms with Crippen LogP contribution in [0.5, 0.6) is 11.5 Å². The third-order valence-corrected chi connectivity index (χ3v) is 4.70. The van der Waals surface area contributed by atoms with Gasteiger partial charge in [-0.15, -0.1) is 0 Å². The van der Waals surface area contributed by atoms with E-state index in [9.17, 15) is 4.79 Å². The van der Waals surface area contributed by atoms with Crippen molar-refractivity contribution in [2.45, 2.75) is 6.42 Å². The lowest BCUT2D eigenvalue weighted by molar-refractivity contribution is 0.102. The van der Waals surface area contributed by atoms with Gasteiger partial charge in [0.15, 0.2) is 0 Å². The highest BCUT2D eigenvalue weighted by molar-refractivity contribution is 6.04. The molecule has 1 amide bonds. The lowest BCUT2D eigenvalue weighted by Gasteiger charge is -2.18. The maximum absolute atomic E-state index is 12.8. The number of hydrogen-bond donors (Lipinski definition) is 1. The van der Waals surface area contributed by atoms with Gasteiger partial charge in [0.1, 0.15) is 29.3 Å². The van der Waals surface area contributed by atoms with Crippen LogP contribution >= 0.6 is 0 Å². The van der Waals surface area contributed by atoms with Crippen molar-refractivity contribution in [2.24, 2.45) is 0 Å². The minimum absolute atomic E-state index is 0.277. The van der Waals surface area contributed by atoms with Crippen molar-refractivity contribution in [3.05, 3.63) is 66.1 Å². The quantitative estimate of drug-likeness (QED) is 0.735. The number of fused-ring (bicyclic) bond motifs is 1. The molecule has 4 rings (SSSR count). The molecule has 0 atom stereocenters. The third-order valence-electron chi connectivity index (χ3n) is 4.70. The van der Waals surface area contributed by atoms with Crippen LogP contribution in [0.4, 0.5) is 17.2 Å². The molecule has 0 unspecified atom stereocenters. The van der Waals surface area contributed by atoms with Crippen LogP contribution in [-0.4, -0.2) is 36.6 Å². The molecular weight excluding hydrogens is 356 g/mol. The number of carbonyl (C=O) groups is 1. The number of rotatable bonds is 5. The Labute approximate surface area is 163 Å². The first-order valence-electron chi connectivity index (χ1n) is 8.90. The molecule has 28 heavy (non-hydrogen) atoms. The van der Waals surface area contributed by atoms with Crippen molar-refractivity contribution >= 4 is 23.1 Å². The number of methoxy groups -OCH3 is 2. The number of nitrogens with one attached hydrogen (secondary N) is 1. The van der Waals surface area contributed by atoms with Crippen LogP contribution in [0.15, 0.2) is 54.9 Å². The van der Waals surface area contributed by atoms with Gasteiger partial charge in [-0.1, -0.05) is 18.2 Å². The van der Waals surface area contributed by atoms with Crippen molar-refractivity contribution in [1.29, 1.82) is 0 Å². The summed E-state index contributed by atoms with van der Waals surface area (Å²) in [5.74, 6) is 1.51. The van der Waals surface area contributed by atoms with Gasteiger partial charge in [-0.3, -0.25) is 4.79 Å². The first kappa shape index (κ1) is 17.8. The van der Waals surface area contributed by atoms with E-state index in [1.54, 1.807) is 38.5 Å². The molecule has 7 nitrogen and oxygen atoms in total. The molecule has 1 N–H and O–H groups in total. The number of benzene rings is 2. The van der Waals surface area contributed by atoms with Gasteiger partial charge in [0, 0.05) is 24.4 Å². The summed E-state index contributed by atoms with van der Waals surface area (Å²) < 4.78 is 10.5. The number of amides is 1. The number of para-hydroxylation sites is 1. The van der Waals surface area contributed by atoms with Crippen LogP contribution < -0.4 is 19.7 Å². The molecule has 0 fully saturated rings. The summed E-state index contributed by atoms with van der Waals surface area (Å²) in [5, 5.41) is 2.84. The van der Waals surface area contributed by atoms with E-state index in [2.05, 4.69) is 32.3 Å². The monoisotopic (exact) mass is 376 g/mol. The summed E-state index contributed by atoms with van der Waals surface area (Å²) >= 11 is 0. The van der Waals surface area contributed by atoms with Gasteiger partial charge in [-0.25, -0.2) is 9.97 Å². The predicted molar refractivity (Wildman–Crippen MR) is 107 cm³/mol. The molecule has 2 aromatic carbocycles. The minimum atomic E-state index is -0.345. The second kappa shape index (κ2) is 7.56. The highest BCUT2D eigenvalue weighted by Gasteiger charge is 2.22. The van der Waals surface area contributed by atoms with E-state index >= 15 is 0 Å². The van der Waals surface area contributed by atoms with Crippen LogP contribution in [0, 0.1) is 0 Å². The number of aromatic nitrogens is 2. The van der Waals surface area contributed by atoms with Crippen LogP contribution in [0.1, 0.15) is 16.1 Å². The van der Waals surface area contributed by atoms with Gasteiger partial charge in [-0.2, -0.15) is 0 Å². The molecule has 1 aromatic heterocycles. The standard InChI is InChI=1S/C21H20N4O3/c1-27-15-7-8-19(28-2)16(11-15)24-21(26)17-12-20(23-13-22-17)25-10-9-14-5-3-4-6-18(14)25/h3-8,11-13H,9-10H2,1-2H3,(H,24,26). The lowest BCUT2D eigenvalue weighted by Crippen LogP contribution is -2.18. The van der Waals surface area contributed by atoms with Gasteiger partial charge >= 0.3 is 0 Å². The first-order chi connectivity index (χ1) is 13.7. The molecule has 1 aliphatic heterocycles. The first-order valence-corrected chi connectivity index (χ1v) is 8.90. The number of hydrogen-bond acceptors (Lipinski definition) is 6. The van der Waals surface area contributed by atoms with Crippen molar-refractivity contribution in [2.75, 3.05) is 31.0 Å². The van der Waals surface area contributed by atoms with Crippen LogP contribution in [0.2, 0.25) is 0 Å². The minimum Gasteiger partial charge on any atom is -0.497 e. The molecule has 3 aromatic rings. The molecule has 0 aliphatic carbocycles. The van der Waals surface area contributed by atoms with E-state index in [4.69, 9.17) is 9.47 Å². The second-order valence-electron chi connectivity index (χ2n) is 6.31. The number of carbonyl (C=O) groups excluding carboxylic acids is 1. The Morgan fingerprint density at radius 1 is 1.07 bits per heavy atom. The molecule has 0 saturated carbocycles. The molecule has 2 heterocycles. The zero-order valence-corrected chi connectivity index (χ0v) is 15.7. The number of anilines is 3. The zero-order chi connectivity index (χ0) is 19.5. The van der Waals surface area contributed by atoms with E-state index < -0.39 is 0 Å². The van der Waals surface area contributed by atoms with E-state index in [0.717, 1.165) is 18.7 Å². The normalized spacial score (nSPS) is 12.4. The van der Waals surface area contributed by atoms with Crippen molar-refractivity contribution in [3.8, 4) is 11.5 Å². The summed E-state index contributed by atoms with van der Waals surface area (Å²) in [6.45, 7) is 0.821. The lowest BCUT2D eigenvalue weighted by atomic mass is 10.2. The highest BCUT2D eigenvalue weighted by atomic mass is 16.5. The Balaban J connectivity index is 1.60. The smallest absolute Gasteiger partial charge is 0.274 e. The fraction of sp³-hybridized carbons (Fsp3) is 0.190. The van der Waals surface area contributed by atoms with Crippen molar-refractivity contribution in [1.82, 2.24) is 9.97 Å². The van der Waals surface area contributed by atoms with Crippen molar-refractivity contribution < 1.29 is 14.3 Å². The molecule has 1 aliphatic rings. The molecule has 0 spiro atoms. The number of ether oxygens (including phenoxy) is 2. The highest BCUT2D eigenvalue weighted by Crippen LogP contribution is 2.33.